The highest BCUT2D eigenvalue weighted by atomic mass is 32.1. The van der Waals surface area contributed by atoms with Gasteiger partial charge in [-0.1, -0.05) is 12.1 Å². The number of thiophene rings is 1. The summed E-state index contributed by atoms with van der Waals surface area (Å²) in [6.07, 6.45) is 0.849. The molecule has 1 aromatic carbocycles. The van der Waals surface area contributed by atoms with Crippen molar-refractivity contribution in [1.82, 2.24) is 10.2 Å². The number of urea groups is 1. The predicted molar refractivity (Wildman–Crippen MR) is 90.5 cm³/mol. The van der Waals surface area contributed by atoms with Gasteiger partial charge in [-0.3, -0.25) is 0 Å². The fourth-order valence-electron chi connectivity index (χ4n) is 2.25. The van der Waals surface area contributed by atoms with E-state index < -0.39 is 0 Å². The lowest BCUT2D eigenvalue weighted by atomic mass is 10.1. The molecule has 1 atom stereocenters. The third-order valence-electron chi connectivity index (χ3n) is 3.39. The van der Waals surface area contributed by atoms with Crippen molar-refractivity contribution in [2.75, 3.05) is 14.2 Å². The molecule has 0 spiro atoms. The Balaban J connectivity index is 1.85. The molecule has 0 radical (unpaired) electrons. The Hall–Kier alpha value is -2.01. The minimum absolute atomic E-state index is 0.0643. The Morgan fingerprint density at radius 2 is 2.18 bits per heavy atom. The summed E-state index contributed by atoms with van der Waals surface area (Å²) in [5.74, 6) is 0.803. The van der Waals surface area contributed by atoms with Gasteiger partial charge in [0.25, 0.3) is 0 Å². The molecule has 0 aliphatic rings. The van der Waals surface area contributed by atoms with Crippen LogP contribution >= 0.6 is 11.3 Å². The third-order valence-corrected chi connectivity index (χ3v) is 4.12. The smallest absolute Gasteiger partial charge is 0.317 e. The summed E-state index contributed by atoms with van der Waals surface area (Å²) < 4.78 is 5.20. The van der Waals surface area contributed by atoms with Gasteiger partial charge in [0.1, 0.15) is 5.75 Å². The molecule has 4 nitrogen and oxygen atoms in total. The zero-order chi connectivity index (χ0) is 15.9. The SMILES string of the molecule is COc1cccc(CN(C)C(=O)N[C@H](C)Cc2ccsc2)c1. The molecule has 2 rings (SSSR count). The molecule has 1 N–H and O–H groups in total. The van der Waals surface area contributed by atoms with Gasteiger partial charge in [-0.15, -0.1) is 0 Å². The molecule has 1 aromatic heterocycles. The lowest BCUT2D eigenvalue weighted by molar-refractivity contribution is 0.203. The second-order valence-electron chi connectivity index (χ2n) is 5.39. The maximum atomic E-state index is 12.2. The fourth-order valence-corrected chi connectivity index (χ4v) is 2.93. The first-order chi connectivity index (χ1) is 10.6. The average Bonchev–Trinajstić information content (AvgIpc) is 3.00. The number of benzene rings is 1. The molecule has 0 bridgehead atoms. The second-order valence-corrected chi connectivity index (χ2v) is 6.17. The van der Waals surface area contributed by atoms with Crippen LogP contribution in [0, 0.1) is 0 Å². The van der Waals surface area contributed by atoms with Crippen molar-refractivity contribution in [2.24, 2.45) is 0 Å². The van der Waals surface area contributed by atoms with E-state index in [1.54, 1.807) is 30.4 Å². The third kappa shape index (κ3) is 4.77. The van der Waals surface area contributed by atoms with Gasteiger partial charge in [0.15, 0.2) is 0 Å². The summed E-state index contributed by atoms with van der Waals surface area (Å²) in [6, 6.07) is 9.89. The van der Waals surface area contributed by atoms with E-state index in [1.807, 2.05) is 31.2 Å². The van der Waals surface area contributed by atoms with Crippen LogP contribution < -0.4 is 10.1 Å². The molecule has 22 heavy (non-hydrogen) atoms. The minimum Gasteiger partial charge on any atom is -0.497 e. The summed E-state index contributed by atoms with van der Waals surface area (Å²) in [7, 11) is 3.44. The zero-order valence-electron chi connectivity index (χ0n) is 13.2. The van der Waals surface area contributed by atoms with Gasteiger partial charge in [0.05, 0.1) is 7.11 Å². The van der Waals surface area contributed by atoms with Crippen LogP contribution in [0.15, 0.2) is 41.1 Å². The predicted octanol–water partition coefficient (Wildman–Crippen LogP) is 3.53. The van der Waals surface area contributed by atoms with Crippen molar-refractivity contribution in [1.29, 1.82) is 0 Å². The van der Waals surface area contributed by atoms with Crippen molar-refractivity contribution < 1.29 is 9.53 Å². The maximum Gasteiger partial charge on any atom is 0.317 e. The quantitative estimate of drug-likeness (QED) is 0.885. The molecule has 5 heteroatoms. The van der Waals surface area contributed by atoms with Crippen LogP contribution in [-0.2, 0) is 13.0 Å². The highest BCUT2D eigenvalue weighted by Crippen LogP contribution is 2.14. The monoisotopic (exact) mass is 318 g/mol. The van der Waals surface area contributed by atoms with E-state index >= 15 is 0 Å². The number of nitrogens with zero attached hydrogens (tertiary/aromatic N) is 1. The lowest BCUT2D eigenvalue weighted by Gasteiger charge is -2.21. The molecule has 0 unspecified atom stereocenters. The summed E-state index contributed by atoms with van der Waals surface area (Å²) in [5, 5.41) is 7.20. The first-order valence-electron chi connectivity index (χ1n) is 7.24. The molecular formula is C17H22N2O2S. The molecule has 118 valence electrons. The molecule has 2 aromatic rings. The van der Waals surface area contributed by atoms with E-state index in [9.17, 15) is 4.79 Å². The zero-order valence-corrected chi connectivity index (χ0v) is 14.0. The van der Waals surface area contributed by atoms with Crippen LogP contribution in [0.1, 0.15) is 18.1 Å². The highest BCUT2D eigenvalue weighted by molar-refractivity contribution is 7.07. The first-order valence-corrected chi connectivity index (χ1v) is 8.18. The van der Waals surface area contributed by atoms with Crippen LogP contribution in [0.2, 0.25) is 0 Å². The van der Waals surface area contributed by atoms with Gasteiger partial charge in [-0.05, 0) is 53.4 Å². The van der Waals surface area contributed by atoms with Gasteiger partial charge >= 0.3 is 6.03 Å². The van der Waals surface area contributed by atoms with Gasteiger partial charge in [0.2, 0.25) is 0 Å². The van der Waals surface area contributed by atoms with E-state index in [-0.39, 0.29) is 12.1 Å². The van der Waals surface area contributed by atoms with Crippen molar-refractivity contribution in [2.45, 2.75) is 25.9 Å². The van der Waals surface area contributed by atoms with Gasteiger partial charge in [-0.2, -0.15) is 11.3 Å². The van der Waals surface area contributed by atoms with Crippen molar-refractivity contribution in [3.63, 3.8) is 0 Å². The van der Waals surface area contributed by atoms with E-state index in [2.05, 4.69) is 22.1 Å². The van der Waals surface area contributed by atoms with Crippen LogP contribution in [-0.4, -0.2) is 31.1 Å². The molecule has 2 amide bonds. The van der Waals surface area contributed by atoms with Crippen molar-refractivity contribution in [3.05, 3.63) is 52.2 Å². The average molecular weight is 318 g/mol. The summed E-state index contributed by atoms with van der Waals surface area (Å²) in [6.45, 7) is 2.57. The number of hydrogen-bond donors (Lipinski definition) is 1. The Labute approximate surface area is 135 Å². The van der Waals surface area contributed by atoms with E-state index in [0.717, 1.165) is 17.7 Å². The van der Waals surface area contributed by atoms with Gasteiger partial charge in [0, 0.05) is 19.6 Å². The molecule has 0 saturated heterocycles. The summed E-state index contributed by atoms with van der Waals surface area (Å²) in [4.78, 5) is 13.9. The van der Waals surface area contributed by atoms with Crippen LogP contribution in [0.25, 0.3) is 0 Å². The number of rotatable bonds is 6. The number of hydrogen-bond acceptors (Lipinski definition) is 3. The van der Waals surface area contributed by atoms with Gasteiger partial charge < -0.3 is 15.0 Å². The Bertz CT molecular complexity index is 598. The van der Waals surface area contributed by atoms with Gasteiger partial charge in [-0.25, -0.2) is 4.79 Å². The molecular weight excluding hydrogens is 296 g/mol. The van der Waals surface area contributed by atoms with Crippen molar-refractivity contribution >= 4 is 17.4 Å². The minimum atomic E-state index is -0.0643. The van der Waals surface area contributed by atoms with Crippen LogP contribution in [0.5, 0.6) is 5.75 Å². The standard InChI is InChI=1S/C17H22N2O2S/c1-13(9-15-7-8-22-12-15)18-17(20)19(2)11-14-5-4-6-16(10-14)21-3/h4-8,10,12-13H,9,11H2,1-3H3,(H,18,20)/t13-/m1/s1. The number of carbonyl (C=O) groups is 1. The molecule has 0 fully saturated rings. The molecule has 0 saturated carbocycles. The highest BCUT2D eigenvalue weighted by Gasteiger charge is 2.13. The fraction of sp³-hybridized carbons (Fsp3) is 0.353. The topological polar surface area (TPSA) is 41.6 Å². The van der Waals surface area contributed by atoms with E-state index in [0.29, 0.717) is 6.54 Å². The summed E-state index contributed by atoms with van der Waals surface area (Å²) >= 11 is 1.68. The molecule has 0 aliphatic carbocycles. The van der Waals surface area contributed by atoms with Crippen molar-refractivity contribution in [3.8, 4) is 5.75 Å². The van der Waals surface area contributed by atoms with Crippen LogP contribution in [0.3, 0.4) is 0 Å². The second kappa shape index (κ2) is 7.84. The van der Waals surface area contributed by atoms with E-state index in [4.69, 9.17) is 4.74 Å². The largest absolute Gasteiger partial charge is 0.497 e. The number of amides is 2. The molecule has 0 aliphatic heterocycles. The number of methoxy groups -OCH3 is 1. The summed E-state index contributed by atoms with van der Waals surface area (Å²) in [5.41, 5.74) is 2.30. The number of ether oxygens (including phenoxy) is 1. The van der Waals surface area contributed by atoms with Crippen LogP contribution in [0.4, 0.5) is 4.79 Å². The Morgan fingerprint density at radius 3 is 2.86 bits per heavy atom. The number of nitrogens with one attached hydrogen (secondary N) is 1. The normalized spacial score (nSPS) is 11.8. The lowest BCUT2D eigenvalue weighted by Crippen LogP contribution is -2.42. The Morgan fingerprint density at radius 1 is 1.36 bits per heavy atom. The van der Waals surface area contributed by atoms with E-state index in [1.165, 1.54) is 5.56 Å². The Kier molecular flexibility index (Phi) is 5.83. The first kappa shape index (κ1) is 16.4. The maximum absolute atomic E-state index is 12.2. The molecule has 1 heterocycles. The number of carbonyl (C=O) groups excluding carboxylic acids is 1.